The minimum atomic E-state index is -4.48. The monoisotopic (exact) mass is 1170 g/mol. The zero-order chi connectivity index (χ0) is 59.5. The van der Waals surface area contributed by atoms with Gasteiger partial charge in [0.1, 0.15) is 16.4 Å². The average Bonchev–Trinajstić information content (AvgIpc) is 3.57. The molecule has 4 N–H and O–H groups in total. The number of anilines is 2. The molecule has 1 aromatic heterocycles. The third kappa shape index (κ3) is 18.7. The summed E-state index contributed by atoms with van der Waals surface area (Å²) < 4.78 is 69.0. The number of likely N-dealkylation sites (N-methyl/N-ethyl adjacent to an activating group) is 1. The lowest BCUT2D eigenvalue weighted by Crippen LogP contribution is -2.39. The van der Waals surface area contributed by atoms with Gasteiger partial charge in [0.25, 0.3) is 21.5 Å². The Morgan fingerprint density at radius 3 is 2.09 bits per heavy atom. The molecule has 17 nitrogen and oxygen atoms in total. The van der Waals surface area contributed by atoms with E-state index in [-0.39, 0.29) is 63.7 Å². The number of fused-ring (bicyclic) bond motifs is 1. The number of amides is 2. The fourth-order valence-corrected chi connectivity index (χ4v) is 11.2. The number of methoxy groups -OCH3 is 1. The number of sulfonamides is 2. The maximum atomic E-state index is 15.1. The third-order valence-corrected chi connectivity index (χ3v) is 17.6. The molecule has 2 amide bonds. The van der Waals surface area contributed by atoms with E-state index < -0.39 is 42.3 Å². The van der Waals surface area contributed by atoms with Crippen molar-refractivity contribution in [1.82, 2.24) is 19.1 Å². The average molecular weight is 1180 g/mol. The largest absolute Gasteiger partial charge is 0.495 e. The number of nitrogens with one attached hydrogen (secondary N) is 4. The van der Waals surface area contributed by atoms with E-state index in [0.717, 1.165) is 67.8 Å². The van der Waals surface area contributed by atoms with E-state index in [1.807, 2.05) is 30.9 Å². The first-order valence-electron chi connectivity index (χ1n) is 28.6. The fourth-order valence-electron chi connectivity index (χ4n) is 9.22. The molecular weight excluding hydrogens is 1090 g/mol. The van der Waals surface area contributed by atoms with Crippen molar-refractivity contribution in [3.8, 4) is 11.5 Å². The Labute approximate surface area is 486 Å². The summed E-state index contributed by atoms with van der Waals surface area (Å²) in [6.45, 7) is 20.8. The van der Waals surface area contributed by atoms with E-state index in [1.54, 1.807) is 36.4 Å². The van der Waals surface area contributed by atoms with Gasteiger partial charge in [-0.1, -0.05) is 142 Å². The Kier molecular flexibility index (Phi) is 24.6. The summed E-state index contributed by atoms with van der Waals surface area (Å²) in [5.41, 5.74) is 6.58. The van der Waals surface area contributed by atoms with Crippen LogP contribution in [0.2, 0.25) is 5.02 Å². The number of hydrogen-bond donors (Lipinski definition) is 4. The zero-order valence-corrected chi connectivity index (χ0v) is 51.9. The maximum Gasteiger partial charge on any atom is 0.280 e. The highest BCUT2D eigenvalue weighted by molar-refractivity contribution is 7.90. The SMILES string of the molecule is CCCCCCCCCCCCC(=O)NS(=O)(=O)c1cc(OC)c(NC(=O)/C(=N/c2ccc(N(CC)CCNS(C)(=O)=O)cc2C)c2nc3ccccc3c(=O)n2NCCCOc2ccc(C(C)(C)CC)cc2C(C)(C)CC)cc1Cl. The summed E-state index contributed by atoms with van der Waals surface area (Å²) in [4.78, 5) is 54.1. The van der Waals surface area contributed by atoms with Crippen LogP contribution in [0.15, 0.2) is 87.5 Å². The molecule has 0 saturated heterocycles. The Morgan fingerprint density at radius 1 is 0.790 bits per heavy atom. The van der Waals surface area contributed by atoms with Crippen LogP contribution >= 0.6 is 11.6 Å². The molecule has 444 valence electrons. The molecule has 0 atom stereocenters. The summed E-state index contributed by atoms with van der Waals surface area (Å²) in [5.74, 6) is -0.987. The molecule has 0 unspecified atom stereocenters. The number of benzene rings is 4. The number of carbonyl (C=O) groups is 2. The van der Waals surface area contributed by atoms with Crippen molar-refractivity contribution >= 4 is 77.1 Å². The van der Waals surface area contributed by atoms with Crippen molar-refractivity contribution in [2.24, 2.45) is 4.99 Å². The topological polar surface area (TPSA) is 219 Å². The smallest absolute Gasteiger partial charge is 0.280 e. The van der Waals surface area contributed by atoms with Crippen LogP contribution in [-0.2, 0) is 40.5 Å². The van der Waals surface area contributed by atoms with E-state index in [1.165, 1.54) is 55.5 Å². The summed E-state index contributed by atoms with van der Waals surface area (Å²) in [5, 5.41) is 2.76. The molecule has 0 bridgehead atoms. The Morgan fingerprint density at radius 2 is 1.46 bits per heavy atom. The predicted molar refractivity (Wildman–Crippen MR) is 330 cm³/mol. The number of carbonyl (C=O) groups excluding carboxylic acids is 2. The lowest BCUT2D eigenvalue weighted by Gasteiger charge is -2.30. The first kappa shape index (κ1) is 65.8. The molecule has 1 heterocycles. The van der Waals surface area contributed by atoms with Gasteiger partial charge in [-0.25, -0.2) is 40.9 Å². The van der Waals surface area contributed by atoms with Gasteiger partial charge in [-0.15, -0.1) is 0 Å². The molecule has 0 aliphatic carbocycles. The van der Waals surface area contributed by atoms with Crippen LogP contribution in [0.25, 0.3) is 10.9 Å². The van der Waals surface area contributed by atoms with Crippen LogP contribution < -0.4 is 40.1 Å². The molecule has 0 spiro atoms. The summed E-state index contributed by atoms with van der Waals surface area (Å²) in [7, 11) is -6.60. The molecule has 0 fully saturated rings. The minimum absolute atomic E-state index is 0.0170. The second kappa shape index (κ2) is 30.3. The Hall–Kier alpha value is -6.02. The van der Waals surface area contributed by atoms with Crippen LogP contribution in [-0.4, -0.2) is 90.2 Å². The van der Waals surface area contributed by atoms with Gasteiger partial charge in [0, 0.05) is 56.3 Å². The van der Waals surface area contributed by atoms with Gasteiger partial charge in [0.15, 0.2) is 11.5 Å². The number of aliphatic imine (C=N–C) groups is 1. The van der Waals surface area contributed by atoms with Crippen LogP contribution in [0, 0.1) is 6.92 Å². The molecule has 0 radical (unpaired) electrons. The maximum absolute atomic E-state index is 15.1. The number of hydrogen-bond acceptors (Lipinski definition) is 13. The van der Waals surface area contributed by atoms with E-state index >= 15 is 4.79 Å². The van der Waals surface area contributed by atoms with Gasteiger partial charge in [-0.2, -0.15) is 0 Å². The van der Waals surface area contributed by atoms with Gasteiger partial charge < -0.3 is 25.1 Å². The second-order valence-corrected chi connectivity index (χ2v) is 25.9. The molecule has 20 heteroatoms. The van der Waals surface area contributed by atoms with Crippen molar-refractivity contribution in [1.29, 1.82) is 0 Å². The van der Waals surface area contributed by atoms with Crippen LogP contribution in [0.3, 0.4) is 0 Å². The third-order valence-electron chi connectivity index (χ3n) is 15.0. The van der Waals surface area contributed by atoms with Gasteiger partial charge in [-0.3, -0.25) is 14.4 Å². The summed E-state index contributed by atoms with van der Waals surface area (Å²) in [6.07, 6.45) is 14.1. The summed E-state index contributed by atoms with van der Waals surface area (Å²) in [6, 6.07) is 20.9. The number of aryl methyl sites for hydroxylation is 1. The van der Waals surface area contributed by atoms with Gasteiger partial charge in [0.2, 0.25) is 15.9 Å². The van der Waals surface area contributed by atoms with Gasteiger partial charge in [-0.05, 0) is 97.5 Å². The van der Waals surface area contributed by atoms with Crippen molar-refractivity contribution in [3.05, 3.63) is 111 Å². The van der Waals surface area contributed by atoms with Crippen LogP contribution in [0.1, 0.15) is 168 Å². The van der Waals surface area contributed by atoms with Crippen molar-refractivity contribution < 1.29 is 35.9 Å². The number of nitrogens with zero attached hydrogens (tertiary/aromatic N) is 4. The molecule has 0 aliphatic heterocycles. The van der Waals surface area contributed by atoms with Crippen LogP contribution in [0.5, 0.6) is 11.5 Å². The standard InChI is InChI=1S/C61H87ClN8O9S2/c1-12-16-17-18-19-20-21-22-23-24-30-55(71)68-81(76,77)54-42-53(78-10)51(41-48(54)62)67-58(72)56(65-49-33-32-45(39-43(49)5)69(15-4)37-36-64-80(11,74)75)57-66-50-29-26-25-28-46(50)59(73)70(57)63-35-27-38-79-52-34-31-44(60(6,7)13-2)40-47(52)61(8,9)14-3/h25-26,28-29,31-34,39-42,63-64H,12-24,27,30,35-38H2,1-11H3,(H,67,72)(H,68,71)/b65-56+. The number of ether oxygens (including phenoxy) is 2. The number of unbranched alkanes of at least 4 members (excludes halogenated alkanes) is 9. The van der Waals surface area contributed by atoms with E-state index in [9.17, 15) is 26.4 Å². The Bertz CT molecular complexity index is 3270. The highest BCUT2D eigenvalue weighted by atomic mass is 35.5. The molecule has 4 aromatic carbocycles. The highest BCUT2D eigenvalue weighted by Gasteiger charge is 2.29. The van der Waals surface area contributed by atoms with E-state index in [4.69, 9.17) is 31.1 Å². The fraction of sp³-hybridized carbons (Fsp3) is 0.525. The molecule has 0 saturated carbocycles. The lowest BCUT2D eigenvalue weighted by atomic mass is 9.76. The summed E-state index contributed by atoms with van der Waals surface area (Å²) >= 11 is 6.70. The normalized spacial score (nSPS) is 12.4. The zero-order valence-electron chi connectivity index (χ0n) is 49.5. The van der Waals surface area contributed by atoms with Crippen LogP contribution in [0.4, 0.5) is 17.1 Å². The number of aromatic nitrogens is 2. The molecule has 0 aliphatic rings. The predicted octanol–water partition coefficient (Wildman–Crippen LogP) is 12.0. The van der Waals surface area contributed by atoms with Gasteiger partial charge in [0.05, 0.1) is 47.3 Å². The van der Waals surface area contributed by atoms with Crippen molar-refractivity contribution in [2.75, 3.05) is 61.8 Å². The van der Waals surface area contributed by atoms with Gasteiger partial charge >= 0.3 is 0 Å². The first-order valence-corrected chi connectivity index (χ1v) is 32.3. The second-order valence-electron chi connectivity index (χ2n) is 22.0. The van der Waals surface area contributed by atoms with E-state index in [0.29, 0.717) is 49.3 Å². The molecule has 5 rings (SSSR count). The number of halogens is 1. The highest BCUT2D eigenvalue weighted by Crippen LogP contribution is 2.39. The lowest BCUT2D eigenvalue weighted by molar-refractivity contribution is -0.119. The van der Waals surface area contributed by atoms with Crippen molar-refractivity contribution in [3.63, 3.8) is 0 Å². The van der Waals surface area contributed by atoms with Crippen molar-refractivity contribution in [2.45, 2.75) is 168 Å². The minimum Gasteiger partial charge on any atom is -0.495 e. The number of rotatable bonds is 34. The van der Waals surface area contributed by atoms with E-state index in [2.05, 4.69) is 80.8 Å². The molecule has 81 heavy (non-hydrogen) atoms. The molecular formula is C61H87ClN8O9S2. The first-order chi connectivity index (χ1) is 38.4. The quantitative estimate of drug-likeness (QED) is 0.0223. The number of para-hydroxylation sites is 1. The Balaban J connectivity index is 1.49. The molecule has 5 aromatic rings.